The molecular formula is C61H34N6O. The topological polar surface area (TPSA) is 53.6 Å². The van der Waals surface area contributed by atoms with E-state index in [2.05, 4.69) is 164 Å². The average Bonchev–Trinajstić information content (AvgIpc) is 4.02. The fourth-order valence-corrected chi connectivity index (χ4v) is 11.3. The van der Waals surface area contributed by atoms with Gasteiger partial charge >= 0.3 is 0 Å². The fraction of sp³-hybridized carbons (Fsp3) is 0.0164. The normalized spacial score (nSPS) is 12.9. The van der Waals surface area contributed by atoms with Crippen LogP contribution >= 0.6 is 0 Å². The first-order valence-corrected chi connectivity index (χ1v) is 22.5. The van der Waals surface area contributed by atoms with E-state index in [9.17, 15) is 0 Å². The Morgan fingerprint density at radius 2 is 0.897 bits per heavy atom. The maximum Gasteiger partial charge on any atom is 0.188 e. The Bertz CT molecular complexity index is 4160. The minimum absolute atomic E-state index is 0.597. The molecule has 12 aromatic rings. The van der Waals surface area contributed by atoms with Gasteiger partial charge in [0, 0.05) is 51.2 Å². The highest BCUT2D eigenvalue weighted by Gasteiger charge is 2.53. The zero-order chi connectivity index (χ0) is 45.1. The first-order chi connectivity index (χ1) is 33.6. The molecule has 14 rings (SSSR count). The van der Waals surface area contributed by atoms with Crippen LogP contribution in [-0.2, 0) is 5.41 Å². The Balaban J connectivity index is 1.00. The van der Waals surface area contributed by atoms with E-state index in [-0.39, 0.29) is 0 Å². The zero-order valence-corrected chi connectivity index (χ0v) is 36.2. The van der Waals surface area contributed by atoms with Crippen LogP contribution in [0.5, 0.6) is 11.5 Å². The lowest BCUT2D eigenvalue weighted by Gasteiger charge is -2.39. The second-order valence-electron chi connectivity index (χ2n) is 17.5. The van der Waals surface area contributed by atoms with Crippen molar-refractivity contribution in [2.45, 2.75) is 5.41 Å². The van der Waals surface area contributed by atoms with Crippen molar-refractivity contribution in [3.63, 3.8) is 0 Å². The molecule has 314 valence electrons. The molecule has 0 saturated heterocycles. The van der Waals surface area contributed by atoms with E-state index in [1.807, 2.05) is 60.9 Å². The molecule has 1 spiro atoms. The van der Waals surface area contributed by atoms with Gasteiger partial charge in [-0.25, -0.2) is 9.69 Å². The molecule has 0 amide bonds. The number of fused-ring (bicyclic) bond motifs is 15. The van der Waals surface area contributed by atoms with E-state index in [0.717, 1.165) is 122 Å². The van der Waals surface area contributed by atoms with Crippen molar-refractivity contribution in [3.05, 3.63) is 252 Å². The van der Waals surface area contributed by atoms with Crippen LogP contribution in [0.3, 0.4) is 0 Å². The van der Waals surface area contributed by atoms with Crippen molar-refractivity contribution >= 4 is 55.0 Å². The molecule has 68 heavy (non-hydrogen) atoms. The lowest BCUT2D eigenvalue weighted by atomic mass is 9.65. The molecule has 2 aliphatic rings. The molecule has 1 aliphatic carbocycles. The van der Waals surface area contributed by atoms with Gasteiger partial charge in [0.25, 0.3) is 0 Å². The van der Waals surface area contributed by atoms with Crippen LogP contribution in [0.25, 0.3) is 98.3 Å². The van der Waals surface area contributed by atoms with Gasteiger partial charge in [0.15, 0.2) is 11.4 Å². The maximum atomic E-state index is 7.89. The summed E-state index contributed by atoms with van der Waals surface area (Å²) in [7, 11) is 0. The molecule has 4 aromatic heterocycles. The van der Waals surface area contributed by atoms with Crippen molar-refractivity contribution < 1.29 is 4.74 Å². The number of nitrogens with zero attached hydrogens (tertiary/aromatic N) is 6. The lowest BCUT2D eigenvalue weighted by molar-refractivity contribution is 0.438. The van der Waals surface area contributed by atoms with Crippen molar-refractivity contribution in [1.82, 2.24) is 19.1 Å². The SMILES string of the molecule is [C-]#[N+]c1ccc2c(c1)c1cc(-c3ccc4c(c3)Oc3c(-c5ccc6c(c5)c5cc([N+]#[C-])ccc5n6-c5ccccc5)cccc3C43c4cccnc4-c4ncccc43)ccc1n2-c1ccccc1. The summed E-state index contributed by atoms with van der Waals surface area (Å²) in [6.07, 6.45) is 3.70. The maximum absolute atomic E-state index is 7.89. The van der Waals surface area contributed by atoms with E-state index < -0.39 is 5.41 Å². The Labute approximate surface area is 390 Å². The van der Waals surface area contributed by atoms with Gasteiger partial charge in [0.1, 0.15) is 11.5 Å². The first kappa shape index (κ1) is 37.8. The second-order valence-corrected chi connectivity index (χ2v) is 17.5. The summed E-state index contributed by atoms with van der Waals surface area (Å²) in [4.78, 5) is 17.6. The Morgan fingerprint density at radius 1 is 0.412 bits per heavy atom. The van der Waals surface area contributed by atoms with Gasteiger partial charge in [-0.05, 0) is 130 Å². The monoisotopic (exact) mass is 866 g/mol. The van der Waals surface area contributed by atoms with Gasteiger partial charge in [-0.15, -0.1) is 0 Å². The number of pyridine rings is 2. The minimum Gasteiger partial charge on any atom is -0.456 e. The number of ether oxygens (including phenoxy) is 1. The third-order valence-electron chi connectivity index (χ3n) is 14.1. The van der Waals surface area contributed by atoms with Gasteiger partial charge in [-0.1, -0.05) is 103 Å². The van der Waals surface area contributed by atoms with E-state index in [4.69, 9.17) is 27.8 Å². The summed E-state index contributed by atoms with van der Waals surface area (Å²) in [5.74, 6) is 1.52. The minimum atomic E-state index is -0.786. The molecule has 0 bridgehead atoms. The summed E-state index contributed by atoms with van der Waals surface area (Å²) >= 11 is 0. The van der Waals surface area contributed by atoms with Gasteiger partial charge in [-0.2, -0.15) is 0 Å². The molecule has 0 atom stereocenters. The summed E-state index contributed by atoms with van der Waals surface area (Å²) in [5, 5.41) is 4.16. The predicted molar refractivity (Wildman–Crippen MR) is 271 cm³/mol. The van der Waals surface area contributed by atoms with Crippen LogP contribution < -0.4 is 4.74 Å². The lowest BCUT2D eigenvalue weighted by Crippen LogP contribution is -2.32. The van der Waals surface area contributed by atoms with Crippen LogP contribution in [0.1, 0.15) is 22.3 Å². The standard InChI is InChI=1S/C61H34N6O/c1-62-40-23-28-55-47(35-40)45-32-37(21-26-53(45)66(55)42-12-5-3-6-13-42)38-20-25-49-57(34-38)68-60-44(16-9-17-52(60)61(49)50-18-10-30-64-58(50)59-51(61)19-11-31-65-59)39-22-27-54-46(33-39)48-36-41(63-2)24-29-56(48)67(54)43-14-7-4-8-15-43/h3-36H. The van der Waals surface area contributed by atoms with Crippen LogP contribution in [0.4, 0.5) is 11.4 Å². The summed E-state index contributed by atoms with van der Waals surface area (Å²) < 4.78 is 11.9. The highest BCUT2D eigenvalue weighted by Crippen LogP contribution is 2.63. The molecule has 0 N–H and O–H groups in total. The van der Waals surface area contributed by atoms with Crippen LogP contribution in [0, 0.1) is 13.1 Å². The van der Waals surface area contributed by atoms with E-state index >= 15 is 0 Å². The van der Waals surface area contributed by atoms with Crippen molar-refractivity contribution in [2.24, 2.45) is 0 Å². The van der Waals surface area contributed by atoms with Gasteiger partial charge in [0.2, 0.25) is 0 Å². The zero-order valence-electron chi connectivity index (χ0n) is 36.2. The van der Waals surface area contributed by atoms with E-state index in [1.54, 1.807) is 0 Å². The van der Waals surface area contributed by atoms with E-state index in [1.165, 1.54) is 0 Å². The Hall–Kier alpha value is -9.56. The van der Waals surface area contributed by atoms with E-state index in [0.29, 0.717) is 11.4 Å². The number of hydrogen-bond acceptors (Lipinski definition) is 3. The molecule has 0 fully saturated rings. The molecular weight excluding hydrogens is 833 g/mol. The van der Waals surface area contributed by atoms with Gasteiger partial charge in [0.05, 0.1) is 52.0 Å². The van der Waals surface area contributed by atoms with Gasteiger partial charge in [-0.3, -0.25) is 9.97 Å². The second kappa shape index (κ2) is 14.2. The molecule has 7 heteroatoms. The molecule has 8 aromatic carbocycles. The van der Waals surface area contributed by atoms with Crippen molar-refractivity contribution in [2.75, 3.05) is 0 Å². The molecule has 5 heterocycles. The summed E-state index contributed by atoms with van der Waals surface area (Å²) in [5.41, 5.74) is 16.6. The number of para-hydroxylation sites is 3. The number of benzene rings is 8. The highest BCUT2D eigenvalue weighted by atomic mass is 16.5. The number of aromatic nitrogens is 4. The predicted octanol–water partition coefficient (Wildman–Crippen LogP) is 15.6. The average molecular weight is 867 g/mol. The van der Waals surface area contributed by atoms with Crippen molar-refractivity contribution in [1.29, 1.82) is 0 Å². The van der Waals surface area contributed by atoms with Crippen molar-refractivity contribution in [3.8, 4) is 56.5 Å². The van der Waals surface area contributed by atoms with Crippen LogP contribution in [0.15, 0.2) is 207 Å². The smallest absolute Gasteiger partial charge is 0.188 e. The summed E-state index contributed by atoms with van der Waals surface area (Å²) in [6.45, 7) is 15.7. The number of hydrogen-bond donors (Lipinski definition) is 0. The Kier molecular flexibility index (Phi) is 7.90. The molecule has 7 nitrogen and oxygen atoms in total. The fourth-order valence-electron chi connectivity index (χ4n) is 11.3. The summed E-state index contributed by atoms with van der Waals surface area (Å²) in [6, 6.07) is 67.5. The molecule has 0 unspecified atom stereocenters. The molecule has 0 saturated carbocycles. The third-order valence-corrected chi connectivity index (χ3v) is 14.1. The number of rotatable bonds is 4. The molecule has 1 aliphatic heterocycles. The van der Waals surface area contributed by atoms with Crippen LogP contribution in [0.2, 0.25) is 0 Å². The highest BCUT2D eigenvalue weighted by molar-refractivity contribution is 6.13. The van der Waals surface area contributed by atoms with Crippen LogP contribution in [-0.4, -0.2) is 19.1 Å². The first-order valence-electron chi connectivity index (χ1n) is 22.5. The Morgan fingerprint density at radius 3 is 1.47 bits per heavy atom. The molecule has 0 radical (unpaired) electrons. The third kappa shape index (κ3) is 5.16. The quantitative estimate of drug-likeness (QED) is 0.166. The largest absolute Gasteiger partial charge is 0.456 e. The van der Waals surface area contributed by atoms with Gasteiger partial charge < -0.3 is 13.9 Å².